The molecular weight excluding hydrogens is 371 g/mol. The van der Waals surface area contributed by atoms with E-state index in [9.17, 15) is 9.18 Å². The maximum absolute atomic E-state index is 14.3. The molecule has 3 aromatic rings. The Morgan fingerprint density at radius 3 is 2.69 bits per heavy atom. The summed E-state index contributed by atoms with van der Waals surface area (Å²) < 4.78 is 14.3. The zero-order chi connectivity index (χ0) is 20.1. The number of hydrogen-bond acceptors (Lipinski definition) is 6. The molecule has 0 aliphatic carbocycles. The summed E-state index contributed by atoms with van der Waals surface area (Å²) in [6.07, 6.45) is 5.54. The molecule has 8 heteroatoms. The first-order valence-electron chi connectivity index (χ1n) is 9.69. The van der Waals surface area contributed by atoms with Gasteiger partial charge in [-0.25, -0.2) is 14.4 Å². The van der Waals surface area contributed by atoms with Gasteiger partial charge in [-0.3, -0.25) is 14.7 Å². The van der Waals surface area contributed by atoms with Crippen molar-refractivity contribution >= 4 is 22.6 Å². The summed E-state index contributed by atoms with van der Waals surface area (Å²) in [5.41, 5.74) is 6.82. The van der Waals surface area contributed by atoms with E-state index in [1.54, 1.807) is 24.5 Å². The summed E-state index contributed by atoms with van der Waals surface area (Å²) in [6, 6.07) is 7.21. The number of likely N-dealkylation sites (N-methyl/N-ethyl adjacent to an activating group) is 1. The van der Waals surface area contributed by atoms with Crippen LogP contribution in [-0.2, 0) is 0 Å². The molecule has 0 radical (unpaired) electrons. The number of rotatable bonds is 3. The van der Waals surface area contributed by atoms with Gasteiger partial charge in [-0.2, -0.15) is 0 Å². The molecule has 2 atom stereocenters. The Bertz CT molecular complexity index is 1110. The molecule has 2 saturated heterocycles. The number of primary amides is 1. The van der Waals surface area contributed by atoms with Gasteiger partial charge in [0.05, 0.1) is 11.7 Å². The number of fused-ring (bicyclic) bond motifs is 3. The zero-order valence-corrected chi connectivity index (χ0v) is 16.0. The maximum atomic E-state index is 14.3. The van der Waals surface area contributed by atoms with E-state index in [2.05, 4.69) is 26.8 Å². The highest BCUT2D eigenvalue weighted by Gasteiger charge is 2.38. The number of hydrogen-bond donors (Lipinski definition) is 1. The second-order valence-corrected chi connectivity index (χ2v) is 7.77. The van der Waals surface area contributed by atoms with Crippen molar-refractivity contribution in [1.82, 2.24) is 19.9 Å². The predicted octanol–water partition coefficient (Wildman–Crippen LogP) is 2.21. The molecule has 7 nitrogen and oxygen atoms in total. The van der Waals surface area contributed by atoms with Crippen molar-refractivity contribution in [3.63, 3.8) is 0 Å². The van der Waals surface area contributed by atoms with Gasteiger partial charge in [0, 0.05) is 42.3 Å². The van der Waals surface area contributed by atoms with Gasteiger partial charge in [0.2, 0.25) is 0 Å². The third-order valence-corrected chi connectivity index (χ3v) is 6.09. The zero-order valence-electron chi connectivity index (χ0n) is 16.0. The number of aromatic nitrogens is 3. The molecule has 0 spiro atoms. The van der Waals surface area contributed by atoms with Crippen LogP contribution < -0.4 is 10.6 Å². The van der Waals surface area contributed by atoms with Gasteiger partial charge in [-0.1, -0.05) is 6.07 Å². The normalized spacial score (nSPS) is 21.7. The lowest BCUT2D eigenvalue weighted by Gasteiger charge is -2.39. The van der Waals surface area contributed by atoms with Crippen molar-refractivity contribution in [1.29, 1.82) is 0 Å². The molecule has 2 unspecified atom stereocenters. The molecule has 2 fully saturated rings. The van der Waals surface area contributed by atoms with Gasteiger partial charge in [-0.15, -0.1) is 0 Å². The first-order valence-corrected chi connectivity index (χ1v) is 9.69. The van der Waals surface area contributed by atoms with E-state index >= 15 is 0 Å². The van der Waals surface area contributed by atoms with Crippen molar-refractivity contribution < 1.29 is 9.18 Å². The molecule has 1 amide bonds. The van der Waals surface area contributed by atoms with E-state index in [1.807, 2.05) is 0 Å². The van der Waals surface area contributed by atoms with Gasteiger partial charge in [0.1, 0.15) is 17.3 Å². The van der Waals surface area contributed by atoms with Crippen molar-refractivity contribution in [2.45, 2.75) is 24.9 Å². The van der Waals surface area contributed by atoms with Crippen LogP contribution in [0.2, 0.25) is 0 Å². The van der Waals surface area contributed by atoms with Crippen LogP contribution in [0.1, 0.15) is 23.3 Å². The Morgan fingerprint density at radius 2 is 1.97 bits per heavy atom. The van der Waals surface area contributed by atoms with Crippen LogP contribution in [0.15, 0.2) is 36.7 Å². The van der Waals surface area contributed by atoms with E-state index in [4.69, 9.17) is 10.7 Å². The second kappa shape index (κ2) is 6.73. The Labute approximate surface area is 167 Å². The summed E-state index contributed by atoms with van der Waals surface area (Å²) in [4.78, 5) is 30.1. The van der Waals surface area contributed by atoms with Gasteiger partial charge < -0.3 is 10.6 Å². The molecule has 2 bridgehead atoms. The number of anilines is 1. The van der Waals surface area contributed by atoms with Crippen LogP contribution in [-0.4, -0.2) is 58.0 Å². The van der Waals surface area contributed by atoms with Crippen LogP contribution in [0.4, 0.5) is 10.2 Å². The molecule has 1 aromatic carbocycles. The summed E-state index contributed by atoms with van der Waals surface area (Å²) in [6.45, 7) is 1.69. The number of carbonyl (C=O) groups is 1. The third-order valence-electron chi connectivity index (χ3n) is 6.09. The van der Waals surface area contributed by atoms with E-state index in [0.717, 1.165) is 25.9 Å². The lowest BCUT2D eigenvalue weighted by atomic mass is 10.0. The van der Waals surface area contributed by atoms with Gasteiger partial charge in [0.25, 0.3) is 5.91 Å². The highest BCUT2D eigenvalue weighted by molar-refractivity contribution is 6.02. The molecule has 4 heterocycles. The Kier molecular flexibility index (Phi) is 4.16. The minimum Gasteiger partial charge on any atom is -0.364 e. The molecule has 2 aliphatic heterocycles. The monoisotopic (exact) mass is 392 g/mol. The van der Waals surface area contributed by atoms with Crippen molar-refractivity contribution in [3.8, 4) is 11.3 Å². The molecule has 2 aliphatic rings. The standard InChI is InChI=1S/C21H21FN6O/c1-27-14-4-5-15(27)11-28(10-14)17-9-25-20(21(23)29)19(26-17)16-8-13(22)7-12-3-2-6-24-18(12)16/h2-3,6-9,14-15H,4-5,10-11H2,1H3,(H2,23,29). The molecule has 148 valence electrons. The quantitative estimate of drug-likeness (QED) is 0.735. The maximum Gasteiger partial charge on any atom is 0.269 e. The number of pyridine rings is 1. The number of nitrogens with zero attached hydrogens (tertiary/aromatic N) is 5. The SMILES string of the molecule is CN1C2CCC1CN(c1cnc(C(N)=O)c(-c3cc(F)cc4cccnc34)n1)C2. The van der Waals surface area contributed by atoms with Crippen LogP contribution >= 0.6 is 0 Å². The summed E-state index contributed by atoms with van der Waals surface area (Å²) in [5.74, 6) is -0.463. The average Bonchev–Trinajstić information content (AvgIpc) is 2.92. The van der Waals surface area contributed by atoms with Crippen LogP contribution in [0.3, 0.4) is 0 Å². The fourth-order valence-electron chi connectivity index (χ4n) is 4.54. The number of piperazine rings is 1. The number of carbonyl (C=O) groups excluding carboxylic acids is 1. The lowest BCUT2D eigenvalue weighted by Crippen LogP contribution is -2.52. The molecular formula is C21H21FN6O. The van der Waals surface area contributed by atoms with Crippen LogP contribution in [0, 0.1) is 5.82 Å². The summed E-state index contributed by atoms with van der Waals surface area (Å²) >= 11 is 0. The smallest absolute Gasteiger partial charge is 0.269 e. The minimum atomic E-state index is -0.703. The van der Waals surface area contributed by atoms with E-state index in [-0.39, 0.29) is 11.4 Å². The van der Waals surface area contributed by atoms with Crippen molar-refractivity contribution in [3.05, 3.63) is 48.2 Å². The first-order chi connectivity index (χ1) is 14.0. The summed E-state index contributed by atoms with van der Waals surface area (Å²) in [7, 11) is 2.16. The average molecular weight is 392 g/mol. The minimum absolute atomic E-state index is 0.0170. The van der Waals surface area contributed by atoms with Gasteiger partial charge in [-0.05, 0) is 38.1 Å². The van der Waals surface area contributed by atoms with Crippen molar-refractivity contribution in [2.24, 2.45) is 5.73 Å². The van der Waals surface area contributed by atoms with E-state index < -0.39 is 11.7 Å². The molecule has 2 aromatic heterocycles. The van der Waals surface area contributed by atoms with Crippen LogP contribution in [0.25, 0.3) is 22.2 Å². The Morgan fingerprint density at radius 1 is 1.21 bits per heavy atom. The Balaban J connectivity index is 1.65. The topological polar surface area (TPSA) is 88.2 Å². The molecule has 29 heavy (non-hydrogen) atoms. The van der Waals surface area contributed by atoms with E-state index in [0.29, 0.717) is 34.4 Å². The number of nitrogens with two attached hydrogens (primary N) is 1. The Hall–Kier alpha value is -3.13. The predicted molar refractivity (Wildman–Crippen MR) is 108 cm³/mol. The second-order valence-electron chi connectivity index (χ2n) is 7.77. The lowest BCUT2D eigenvalue weighted by molar-refractivity contribution is 0.0996. The number of benzene rings is 1. The molecule has 5 rings (SSSR count). The fraction of sp³-hybridized carbons (Fsp3) is 0.333. The molecule has 0 saturated carbocycles. The number of amides is 1. The summed E-state index contributed by atoms with van der Waals surface area (Å²) in [5, 5.41) is 0.628. The largest absolute Gasteiger partial charge is 0.364 e. The first kappa shape index (κ1) is 17.9. The van der Waals surface area contributed by atoms with Crippen molar-refractivity contribution in [2.75, 3.05) is 25.0 Å². The van der Waals surface area contributed by atoms with E-state index in [1.165, 1.54) is 12.1 Å². The molecule has 2 N–H and O–H groups in total. The number of halogens is 1. The van der Waals surface area contributed by atoms with Gasteiger partial charge in [0.15, 0.2) is 5.69 Å². The highest BCUT2D eigenvalue weighted by Crippen LogP contribution is 2.33. The highest BCUT2D eigenvalue weighted by atomic mass is 19.1. The third kappa shape index (κ3) is 3.00. The van der Waals surface area contributed by atoms with Gasteiger partial charge >= 0.3 is 0 Å². The fourth-order valence-corrected chi connectivity index (χ4v) is 4.54. The van der Waals surface area contributed by atoms with Crippen LogP contribution in [0.5, 0.6) is 0 Å².